The molecule has 4 aromatic carbocycles. The Hall–Kier alpha value is -3.18. The van der Waals surface area contributed by atoms with Gasteiger partial charge in [0.1, 0.15) is 0 Å². The van der Waals surface area contributed by atoms with Gasteiger partial charge in [-0.15, -0.1) is 0 Å². The van der Waals surface area contributed by atoms with Crippen LogP contribution in [0.25, 0.3) is 21.5 Å². The van der Waals surface area contributed by atoms with Gasteiger partial charge in [0.25, 0.3) is 0 Å². The second kappa shape index (κ2) is 10.9. The molecule has 1 aliphatic rings. The number of carbonyl (C=O) groups excluding carboxylic acids is 2. The van der Waals surface area contributed by atoms with E-state index in [9.17, 15) is 9.59 Å². The summed E-state index contributed by atoms with van der Waals surface area (Å²) < 4.78 is 13.4. The smallest absolute Gasteiger partial charge is 1.00 e. The molecule has 0 heterocycles. The number of carbonyl (C=O) groups is 2. The summed E-state index contributed by atoms with van der Waals surface area (Å²) in [5.41, 5.74) is 3.98. The molecule has 0 unspecified atom stereocenters. The zero-order chi connectivity index (χ0) is 26.3. The van der Waals surface area contributed by atoms with Gasteiger partial charge in [0.05, 0.1) is 0 Å². The minimum atomic E-state index is -3.39. The Bertz CT molecular complexity index is 1530. The number of rotatable bonds is 5. The van der Waals surface area contributed by atoms with Crippen LogP contribution in [-0.2, 0) is 25.3 Å². The van der Waals surface area contributed by atoms with Crippen molar-refractivity contribution >= 4 is 33.5 Å². The summed E-state index contributed by atoms with van der Waals surface area (Å²) in [4.78, 5) is 27.3. The molecule has 0 aliphatic heterocycles. The van der Waals surface area contributed by atoms with Crippen molar-refractivity contribution in [2.45, 2.75) is 34.6 Å². The fourth-order valence-corrected chi connectivity index (χ4v) is 8.32. The molecule has 38 heavy (non-hydrogen) atoms. The van der Waals surface area contributed by atoms with Crippen molar-refractivity contribution in [3.05, 3.63) is 117 Å². The number of hydrogen-bond donors (Lipinski definition) is 0. The van der Waals surface area contributed by atoms with Gasteiger partial charge in [-0.05, 0) is 0 Å². The van der Waals surface area contributed by atoms with E-state index in [1.807, 2.05) is 79.7 Å². The summed E-state index contributed by atoms with van der Waals surface area (Å²) in [6, 6.07) is 26.6. The van der Waals surface area contributed by atoms with Crippen LogP contribution in [0.2, 0.25) is 0 Å². The quantitative estimate of drug-likeness (QED) is 0.319. The number of benzene rings is 4. The first-order valence-electron chi connectivity index (χ1n) is 12.4. The fraction of sp³-hybridized carbons (Fsp3) is 0.188. The van der Waals surface area contributed by atoms with Crippen LogP contribution in [0.1, 0.15) is 55.3 Å². The Labute approximate surface area is 236 Å². The fourth-order valence-electron chi connectivity index (χ4n) is 5.21. The van der Waals surface area contributed by atoms with Crippen molar-refractivity contribution in [1.82, 2.24) is 0 Å². The van der Waals surface area contributed by atoms with Crippen LogP contribution in [0, 0.1) is 5.41 Å². The molecule has 0 fully saturated rings. The number of allylic oxidation sites excluding steroid dienone is 4. The Morgan fingerprint density at radius 1 is 0.632 bits per heavy atom. The second-order valence-corrected chi connectivity index (χ2v) is 12.3. The van der Waals surface area contributed by atoms with E-state index in [-0.39, 0.29) is 17.8 Å². The zero-order valence-electron chi connectivity index (χ0n) is 22.1. The molecule has 1 aliphatic carbocycles. The van der Waals surface area contributed by atoms with E-state index in [1.54, 1.807) is 12.1 Å². The Morgan fingerprint density at radius 3 is 1.47 bits per heavy atom. The van der Waals surface area contributed by atoms with Crippen LogP contribution in [0.15, 0.2) is 106 Å². The molecule has 0 amide bonds. The summed E-state index contributed by atoms with van der Waals surface area (Å²) in [7, 11) is 0. The topological polar surface area (TPSA) is 52.6 Å². The summed E-state index contributed by atoms with van der Waals surface area (Å²) in [5, 5.41) is 3.54. The van der Waals surface area contributed by atoms with Gasteiger partial charge < -0.3 is 12.4 Å². The molecule has 5 rings (SSSR count). The third kappa shape index (κ3) is 4.85. The van der Waals surface area contributed by atoms with Gasteiger partial charge in [-0.2, -0.15) is 0 Å². The second-order valence-electron chi connectivity index (χ2n) is 9.99. The predicted octanol–water partition coefficient (Wildman–Crippen LogP) is 5.11. The van der Waals surface area contributed by atoms with Crippen molar-refractivity contribution in [1.29, 1.82) is 0 Å². The molecule has 0 aromatic heterocycles. The minimum Gasteiger partial charge on any atom is -1.00 e. The van der Waals surface area contributed by atoms with E-state index in [1.165, 1.54) is 5.57 Å². The molecule has 0 radical (unpaired) electrons. The van der Waals surface area contributed by atoms with Gasteiger partial charge in [0.15, 0.2) is 0 Å². The van der Waals surface area contributed by atoms with Crippen molar-refractivity contribution < 1.29 is 47.3 Å². The number of fused-ring (bicyclic) bond motifs is 2. The maximum absolute atomic E-state index is 13.6. The molecule has 0 bridgehead atoms. The molecule has 0 N–H and O–H groups in total. The maximum Gasteiger partial charge on any atom is -1.00 e. The molecule has 0 spiro atoms. The van der Waals surface area contributed by atoms with E-state index in [0.717, 1.165) is 36.6 Å². The van der Waals surface area contributed by atoms with E-state index in [0.29, 0.717) is 11.1 Å². The van der Waals surface area contributed by atoms with Crippen molar-refractivity contribution in [2.75, 3.05) is 0 Å². The molecule has 0 saturated heterocycles. The summed E-state index contributed by atoms with van der Waals surface area (Å²) in [6.45, 7) is 10.4. The van der Waals surface area contributed by atoms with Gasteiger partial charge in [-0.1, -0.05) is 0 Å². The number of halogens is 1. The zero-order valence-corrected chi connectivity index (χ0v) is 24.4. The van der Waals surface area contributed by atoms with E-state index >= 15 is 0 Å². The average molecular weight is 561 g/mol. The maximum atomic E-state index is 13.6. The van der Waals surface area contributed by atoms with Gasteiger partial charge in [-0.3, -0.25) is 0 Å². The van der Waals surface area contributed by atoms with Crippen LogP contribution in [0.4, 0.5) is 0 Å². The van der Waals surface area contributed by atoms with Crippen LogP contribution in [0.3, 0.4) is 0 Å². The Balaban J connectivity index is 0.00000336. The standard InChI is InChI=1S/2C11H8O2.C10H15.ClH.Ti/c2*12-11(13)10-7-3-5-8-4-1-2-6-9(8)10;1-7-6-10(4,5)9(3)8(7)2;;/h2*1-7H,(H,12,13);1-5H3;1H;/q;;;;+3/p-3. The minimum absolute atomic E-state index is 0. The summed E-state index contributed by atoms with van der Waals surface area (Å²) in [6.07, 6.45) is 0. The molecular weight excluding hydrogens is 532 g/mol. The van der Waals surface area contributed by atoms with E-state index < -0.39 is 30.6 Å². The van der Waals surface area contributed by atoms with Gasteiger partial charge in [0.2, 0.25) is 0 Å². The molecule has 0 atom stereocenters. The van der Waals surface area contributed by atoms with Crippen LogP contribution in [0.5, 0.6) is 0 Å². The summed E-state index contributed by atoms with van der Waals surface area (Å²) >= 11 is -3.39. The normalized spacial score (nSPS) is 14.4. The van der Waals surface area contributed by atoms with Gasteiger partial charge in [-0.25, -0.2) is 0 Å². The first kappa shape index (κ1) is 27.8. The first-order chi connectivity index (χ1) is 17.7. The monoisotopic (exact) mass is 560 g/mol. The van der Waals surface area contributed by atoms with Crippen molar-refractivity contribution in [3.8, 4) is 0 Å². The molecular formula is C32H29ClO4Ti. The van der Waals surface area contributed by atoms with Gasteiger partial charge >= 0.3 is 225 Å². The largest absolute Gasteiger partial charge is 1.00 e. The molecule has 6 heteroatoms. The average Bonchev–Trinajstić information content (AvgIpc) is 3.05. The first-order valence-corrected chi connectivity index (χ1v) is 14.4. The Morgan fingerprint density at radius 2 is 1.05 bits per heavy atom. The third-order valence-electron chi connectivity index (χ3n) is 7.66. The molecule has 0 saturated carbocycles. The van der Waals surface area contributed by atoms with E-state index in [4.69, 9.17) is 6.64 Å². The number of hydrogen-bond acceptors (Lipinski definition) is 4. The van der Waals surface area contributed by atoms with Crippen LogP contribution in [-0.4, -0.2) is 11.9 Å². The van der Waals surface area contributed by atoms with Crippen LogP contribution < -0.4 is 12.4 Å². The summed E-state index contributed by atoms with van der Waals surface area (Å²) in [5.74, 6) is -0.924. The predicted molar refractivity (Wildman–Crippen MR) is 144 cm³/mol. The SMILES string of the molecule is CC1=C(C)C(C)(C)[C]([Ti+]([O]C(=O)c2cccc3ccccc23)[O]C(=O)c2cccc3ccccc23)=C1C.[Cl-]. The van der Waals surface area contributed by atoms with Crippen molar-refractivity contribution in [3.63, 3.8) is 0 Å². The molecule has 192 valence electrons. The molecule has 4 aromatic rings. The molecule has 4 nitrogen and oxygen atoms in total. The van der Waals surface area contributed by atoms with Gasteiger partial charge in [0, 0.05) is 0 Å². The van der Waals surface area contributed by atoms with Crippen LogP contribution >= 0.6 is 0 Å². The van der Waals surface area contributed by atoms with Crippen molar-refractivity contribution in [2.24, 2.45) is 5.41 Å². The Kier molecular flexibility index (Phi) is 7.99. The third-order valence-corrected chi connectivity index (χ3v) is 11.0. The van der Waals surface area contributed by atoms with E-state index in [2.05, 4.69) is 27.7 Å².